The molecule has 5 heteroatoms. The Labute approximate surface area is 115 Å². The van der Waals surface area contributed by atoms with Gasteiger partial charge < -0.3 is 15.2 Å². The van der Waals surface area contributed by atoms with Crippen molar-refractivity contribution in [1.82, 2.24) is 9.97 Å². The van der Waals surface area contributed by atoms with Crippen molar-refractivity contribution in [1.29, 1.82) is 0 Å². The summed E-state index contributed by atoms with van der Waals surface area (Å²) < 4.78 is 11.1. The van der Waals surface area contributed by atoms with Crippen LogP contribution in [0.1, 0.15) is 45.0 Å². The van der Waals surface area contributed by atoms with Gasteiger partial charge in [-0.2, -0.15) is 4.98 Å². The zero-order valence-corrected chi connectivity index (χ0v) is 12.6. The number of hydrogen-bond acceptors (Lipinski definition) is 5. The average molecular weight is 267 g/mol. The number of rotatable bonds is 7. The van der Waals surface area contributed by atoms with E-state index in [1.165, 1.54) is 0 Å². The molecular weight excluding hydrogens is 242 g/mol. The normalized spacial score (nSPS) is 11.3. The molecule has 1 rings (SSSR count). The summed E-state index contributed by atoms with van der Waals surface area (Å²) in [4.78, 5) is 8.65. The number of nitrogens with zero attached hydrogens (tertiary/aromatic N) is 2. The van der Waals surface area contributed by atoms with Gasteiger partial charge >= 0.3 is 0 Å². The molecule has 0 radical (unpaired) electrons. The van der Waals surface area contributed by atoms with E-state index in [1.807, 2.05) is 20.8 Å². The van der Waals surface area contributed by atoms with E-state index in [0.717, 1.165) is 12.2 Å². The number of nitrogens with two attached hydrogens (primary N) is 1. The lowest BCUT2D eigenvalue weighted by Crippen LogP contribution is -2.13. The van der Waals surface area contributed by atoms with Gasteiger partial charge in [0.2, 0.25) is 5.88 Å². The van der Waals surface area contributed by atoms with Gasteiger partial charge in [-0.25, -0.2) is 4.98 Å². The van der Waals surface area contributed by atoms with E-state index < -0.39 is 0 Å². The second kappa shape index (κ2) is 7.28. The molecular formula is C14H25N3O2. The van der Waals surface area contributed by atoms with Gasteiger partial charge in [0.1, 0.15) is 18.2 Å². The first-order chi connectivity index (χ1) is 8.91. The summed E-state index contributed by atoms with van der Waals surface area (Å²) >= 11 is 0. The number of anilines is 1. The fourth-order valence-corrected chi connectivity index (χ4v) is 1.44. The Morgan fingerprint density at radius 2 is 1.79 bits per heavy atom. The lowest BCUT2D eigenvalue weighted by Gasteiger charge is -2.13. The molecule has 0 fully saturated rings. The van der Waals surface area contributed by atoms with Crippen molar-refractivity contribution >= 4 is 5.82 Å². The number of ether oxygens (including phenoxy) is 2. The van der Waals surface area contributed by atoms with E-state index in [2.05, 4.69) is 23.8 Å². The lowest BCUT2D eigenvalue weighted by atomic mass is 10.2. The maximum absolute atomic E-state index is 5.87. The molecule has 0 saturated carbocycles. The van der Waals surface area contributed by atoms with Crippen LogP contribution in [-0.2, 0) is 4.74 Å². The zero-order valence-electron chi connectivity index (χ0n) is 12.6. The Kier molecular flexibility index (Phi) is 6.02. The summed E-state index contributed by atoms with van der Waals surface area (Å²) in [5.74, 6) is 2.51. The van der Waals surface area contributed by atoms with Crippen LogP contribution in [0.3, 0.4) is 0 Å². The summed E-state index contributed by atoms with van der Waals surface area (Å²) in [6.07, 6.45) is 0. The second-order valence-corrected chi connectivity index (χ2v) is 5.37. The summed E-state index contributed by atoms with van der Waals surface area (Å²) in [5, 5.41) is 0. The predicted octanol–water partition coefficient (Wildman–Crippen LogP) is 2.54. The number of aromatic nitrogens is 2. The minimum Gasteiger partial charge on any atom is -0.475 e. The van der Waals surface area contributed by atoms with Crippen molar-refractivity contribution in [3.05, 3.63) is 11.4 Å². The van der Waals surface area contributed by atoms with Crippen LogP contribution in [0, 0.1) is 12.8 Å². The third-order valence-corrected chi connectivity index (χ3v) is 2.59. The molecule has 0 aliphatic heterocycles. The van der Waals surface area contributed by atoms with Crippen LogP contribution in [0.15, 0.2) is 0 Å². The van der Waals surface area contributed by atoms with E-state index >= 15 is 0 Å². The smallest absolute Gasteiger partial charge is 0.221 e. The first-order valence-corrected chi connectivity index (χ1v) is 6.76. The van der Waals surface area contributed by atoms with Gasteiger partial charge in [-0.15, -0.1) is 0 Å². The molecule has 0 unspecified atom stereocenters. The molecule has 0 atom stereocenters. The third kappa shape index (κ3) is 5.03. The highest BCUT2D eigenvalue weighted by Crippen LogP contribution is 2.22. The first-order valence-electron chi connectivity index (χ1n) is 6.76. The summed E-state index contributed by atoms with van der Waals surface area (Å²) in [5.41, 5.74) is 6.65. The van der Waals surface area contributed by atoms with Crippen LogP contribution in [0.2, 0.25) is 0 Å². The van der Waals surface area contributed by atoms with Gasteiger partial charge in [0.15, 0.2) is 0 Å². The molecule has 0 bridgehead atoms. The first kappa shape index (κ1) is 15.7. The molecule has 2 N–H and O–H groups in total. The van der Waals surface area contributed by atoms with E-state index in [4.69, 9.17) is 15.2 Å². The molecule has 0 spiro atoms. The molecule has 108 valence electrons. The second-order valence-electron chi connectivity index (χ2n) is 5.37. The van der Waals surface area contributed by atoms with E-state index in [1.54, 1.807) is 0 Å². The van der Waals surface area contributed by atoms with Crippen LogP contribution in [-0.4, -0.2) is 29.8 Å². The van der Waals surface area contributed by atoms with Crippen LogP contribution in [0.5, 0.6) is 5.88 Å². The standard InChI is InChI=1S/C14H25N3O2/c1-9(2)8-18-6-7-19-14-11(5)12(15)16-13(17-14)10(3)4/h9-10H,6-8H2,1-5H3,(H2,15,16,17). The minimum absolute atomic E-state index is 0.224. The topological polar surface area (TPSA) is 70.3 Å². The Morgan fingerprint density at radius 1 is 1.11 bits per heavy atom. The van der Waals surface area contributed by atoms with Crippen LogP contribution < -0.4 is 10.5 Å². The molecule has 1 aromatic rings. The largest absolute Gasteiger partial charge is 0.475 e. The molecule has 0 amide bonds. The van der Waals surface area contributed by atoms with Gasteiger partial charge in [0.05, 0.1) is 12.2 Å². The van der Waals surface area contributed by atoms with Crippen molar-refractivity contribution in [2.75, 3.05) is 25.6 Å². The van der Waals surface area contributed by atoms with Crippen molar-refractivity contribution in [3.8, 4) is 5.88 Å². The van der Waals surface area contributed by atoms with E-state index in [-0.39, 0.29) is 5.92 Å². The van der Waals surface area contributed by atoms with Gasteiger partial charge in [-0.05, 0) is 12.8 Å². The summed E-state index contributed by atoms with van der Waals surface area (Å²) in [7, 11) is 0. The van der Waals surface area contributed by atoms with Gasteiger partial charge in [-0.3, -0.25) is 0 Å². The monoisotopic (exact) mass is 267 g/mol. The minimum atomic E-state index is 0.224. The highest BCUT2D eigenvalue weighted by Gasteiger charge is 2.12. The van der Waals surface area contributed by atoms with Crippen molar-refractivity contribution in [2.45, 2.75) is 40.5 Å². The molecule has 0 saturated heterocycles. The fraction of sp³-hybridized carbons (Fsp3) is 0.714. The van der Waals surface area contributed by atoms with Crippen LogP contribution in [0.4, 0.5) is 5.82 Å². The van der Waals surface area contributed by atoms with Crippen molar-refractivity contribution in [2.24, 2.45) is 5.92 Å². The quantitative estimate of drug-likeness (QED) is 0.769. The highest BCUT2D eigenvalue weighted by molar-refractivity contribution is 5.44. The molecule has 5 nitrogen and oxygen atoms in total. The van der Waals surface area contributed by atoms with E-state index in [0.29, 0.717) is 36.7 Å². The molecule has 0 aliphatic rings. The Bertz CT molecular complexity index is 406. The van der Waals surface area contributed by atoms with E-state index in [9.17, 15) is 0 Å². The van der Waals surface area contributed by atoms with Crippen molar-refractivity contribution < 1.29 is 9.47 Å². The predicted molar refractivity (Wildman–Crippen MR) is 76.4 cm³/mol. The summed E-state index contributed by atoms with van der Waals surface area (Å²) in [6, 6.07) is 0. The third-order valence-electron chi connectivity index (χ3n) is 2.59. The molecule has 19 heavy (non-hydrogen) atoms. The van der Waals surface area contributed by atoms with Gasteiger partial charge in [-0.1, -0.05) is 27.7 Å². The number of hydrogen-bond donors (Lipinski definition) is 1. The van der Waals surface area contributed by atoms with Gasteiger partial charge in [0, 0.05) is 12.5 Å². The zero-order chi connectivity index (χ0) is 14.4. The molecule has 0 aliphatic carbocycles. The summed E-state index contributed by atoms with van der Waals surface area (Å²) in [6.45, 7) is 11.9. The SMILES string of the molecule is Cc1c(N)nc(C(C)C)nc1OCCOCC(C)C. The Balaban J connectivity index is 2.57. The Morgan fingerprint density at radius 3 is 2.37 bits per heavy atom. The number of nitrogen functional groups attached to an aromatic ring is 1. The fourth-order valence-electron chi connectivity index (χ4n) is 1.44. The molecule has 0 aromatic carbocycles. The van der Waals surface area contributed by atoms with Gasteiger partial charge in [0.25, 0.3) is 0 Å². The average Bonchev–Trinajstić information content (AvgIpc) is 2.33. The highest BCUT2D eigenvalue weighted by atomic mass is 16.5. The Hall–Kier alpha value is -1.36. The maximum Gasteiger partial charge on any atom is 0.221 e. The molecule has 1 heterocycles. The molecule has 1 aromatic heterocycles. The van der Waals surface area contributed by atoms with Crippen molar-refractivity contribution in [3.63, 3.8) is 0 Å². The lowest BCUT2D eigenvalue weighted by molar-refractivity contribution is 0.0803. The maximum atomic E-state index is 5.87. The van der Waals surface area contributed by atoms with Crippen LogP contribution in [0.25, 0.3) is 0 Å². The van der Waals surface area contributed by atoms with Crippen LogP contribution >= 0.6 is 0 Å².